The molecule has 3 atom stereocenters. The second kappa shape index (κ2) is 9.22. The molecule has 1 fully saturated rings. The second-order valence-electron chi connectivity index (χ2n) is 9.73. The van der Waals surface area contributed by atoms with E-state index in [0.29, 0.717) is 29.1 Å². The molecule has 0 amide bonds. The van der Waals surface area contributed by atoms with Crippen molar-refractivity contribution in [2.45, 2.75) is 58.4 Å². The minimum Gasteiger partial charge on any atom is -0.462 e. The van der Waals surface area contributed by atoms with Crippen LogP contribution in [-0.2, 0) is 24.1 Å². The third-order valence-electron chi connectivity index (χ3n) is 7.14. The molecule has 3 aliphatic rings. The highest BCUT2D eigenvalue weighted by Gasteiger charge is 2.36. The van der Waals surface area contributed by atoms with Crippen molar-refractivity contribution in [3.63, 3.8) is 0 Å². The quantitative estimate of drug-likeness (QED) is 0.511. The predicted molar refractivity (Wildman–Crippen MR) is 135 cm³/mol. The summed E-state index contributed by atoms with van der Waals surface area (Å²) in [7, 11) is 0. The topological polar surface area (TPSA) is 63.6 Å². The standard InChI is InChI=1S/C25H31N3O3S2/c1-3-9-31-24(30)22-18-8-7-15(2)10-20(18)33-23(22)26-25(32)27-12-16-11-17(14-27)19-5-4-6-21(29)28(19)13-16/h4-6,15-17H,3,7-14H2,1-2H3,(H,26,32). The molecule has 2 bridgehead atoms. The van der Waals surface area contributed by atoms with Crippen LogP contribution in [0.1, 0.15) is 65.5 Å². The maximum absolute atomic E-state index is 13.0. The second-order valence-corrected chi connectivity index (χ2v) is 11.2. The van der Waals surface area contributed by atoms with Gasteiger partial charge in [-0.25, -0.2) is 4.79 Å². The van der Waals surface area contributed by atoms with Crippen LogP contribution in [-0.4, -0.2) is 40.2 Å². The zero-order valence-corrected chi connectivity index (χ0v) is 20.9. The molecule has 0 spiro atoms. The van der Waals surface area contributed by atoms with E-state index in [1.807, 2.05) is 17.6 Å². The minimum atomic E-state index is -0.238. The predicted octanol–water partition coefficient (Wildman–Crippen LogP) is 4.42. The molecule has 0 radical (unpaired) electrons. The molecule has 0 aromatic carbocycles. The van der Waals surface area contributed by atoms with Crippen LogP contribution in [0.15, 0.2) is 23.0 Å². The van der Waals surface area contributed by atoms with Crippen LogP contribution in [0.2, 0.25) is 0 Å². The Morgan fingerprint density at radius 3 is 2.97 bits per heavy atom. The first-order valence-electron chi connectivity index (χ1n) is 12.0. The van der Waals surface area contributed by atoms with E-state index in [1.54, 1.807) is 17.4 Å². The van der Waals surface area contributed by atoms with Gasteiger partial charge in [-0.05, 0) is 67.8 Å². The number of nitrogens with one attached hydrogen (secondary N) is 1. The minimum absolute atomic E-state index is 0.0879. The molecule has 1 aliphatic carbocycles. The first-order valence-corrected chi connectivity index (χ1v) is 13.2. The third kappa shape index (κ3) is 4.35. The van der Waals surface area contributed by atoms with E-state index in [1.165, 1.54) is 4.88 Å². The summed E-state index contributed by atoms with van der Waals surface area (Å²) in [6.45, 7) is 7.05. The Morgan fingerprint density at radius 2 is 2.15 bits per heavy atom. The smallest absolute Gasteiger partial charge is 0.341 e. The maximum Gasteiger partial charge on any atom is 0.341 e. The first-order chi connectivity index (χ1) is 15.9. The Kier molecular flexibility index (Phi) is 6.31. The largest absolute Gasteiger partial charge is 0.462 e. The number of likely N-dealkylation sites (tertiary alicyclic amines) is 1. The molecular weight excluding hydrogens is 454 g/mol. The highest BCUT2D eigenvalue weighted by molar-refractivity contribution is 7.80. The van der Waals surface area contributed by atoms with Crippen LogP contribution >= 0.6 is 23.6 Å². The molecule has 2 aromatic rings. The van der Waals surface area contributed by atoms with Gasteiger partial charge in [0.1, 0.15) is 5.00 Å². The fourth-order valence-electron chi connectivity index (χ4n) is 5.56. The summed E-state index contributed by atoms with van der Waals surface area (Å²) in [6.07, 6.45) is 4.90. The van der Waals surface area contributed by atoms with Crippen molar-refractivity contribution in [3.05, 3.63) is 50.3 Å². The lowest BCUT2D eigenvalue weighted by molar-refractivity contribution is 0.0505. The molecule has 176 valence electrons. The van der Waals surface area contributed by atoms with Gasteiger partial charge in [0.15, 0.2) is 5.11 Å². The molecule has 1 saturated heterocycles. The molecule has 0 saturated carbocycles. The van der Waals surface area contributed by atoms with Crippen LogP contribution in [0.3, 0.4) is 0 Å². The number of ether oxygens (including phenoxy) is 1. The number of fused-ring (bicyclic) bond motifs is 5. The average molecular weight is 486 g/mol. The van der Waals surface area contributed by atoms with E-state index in [-0.39, 0.29) is 17.4 Å². The SMILES string of the molecule is CCCOC(=O)c1c(NC(=S)N2CC3CC(C2)c2cccc(=O)n2C3)sc2c1CCC(C)C2. The molecule has 1 N–H and O–H groups in total. The molecular formula is C25H31N3O3S2. The number of esters is 1. The van der Waals surface area contributed by atoms with Gasteiger partial charge in [-0.3, -0.25) is 4.79 Å². The number of carbonyl (C=O) groups is 1. The van der Waals surface area contributed by atoms with E-state index in [9.17, 15) is 9.59 Å². The number of hydrogen-bond donors (Lipinski definition) is 1. The van der Waals surface area contributed by atoms with E-state index >= 15 is 0 Å². The summed E-state index contributed by atoms with van der Waals surface area (Å²) in [4.78, 5) is 28.8. The number of rotatable bonds is 4. The number of thiophene rings is 1. The van der Waals surface area contributed by atoms with Crippen molar-refractivity contribution < 1.29 is 9.53 Å². The van der Waals surface area contributed by atoms with Gasteiger partial charge in [0.25, 0.3) is 5.56 Å². The Balaban J connectivity index is 1.38. The van der Waals surface area contributed by atoms with Gasteiger partial charge in [-0.2, -0.15) is 0 Å². The third-order valence-corrected chi connectivity index (χ3v) is 8.67. The summed E-state index contributed by atoms with van der Waals surface area (Å²) in [6, 6.07) is 5.57. The fraction of sp³-hybridized carbons (Fsp3) is 0.560. The van der Waals surface area contributed by atoms with Crippen molar-refractivity contribution >= 4 is 39.6 Å². The number of aromatic nitrogens is 1. The summed E-state index contributed by atoms with van der Waals surface area (Å²) >= 11 is 7.52. The Bertz CT molecular complexity index is 1140. The number of piperidine rings is 1. The number of nitrogens with zero attached hydrogens (tertiary/aromatic N) is 2. The van der Waals surface area contributed by atoms with Crippen LogP contribution in [0.5, 0.6) is 0 Å². The zero-order valence-electron chi connectivity index (χ0n) is 19.3. The van der Waals surface area contributed by atoms with E-state index < -0.39 is 0 Å². The number of pyridine rings is 1. The molecule has 3 unspecified atom stereocenters. The summed E-state index contributed by atoms with van der Waals surface area (Å²) < 4.78 is 7.48. The summed E-state index contributed by atoms with van der Waals surface area (Å²) in [5, 5.41) is 4.93. The average Bonchev–Trinajstić information content (AvgIpc) is 3.14. The van der Waals surface area contributed by atoms with E-state index in [2.05, 4.69) is 23.2 Å². The van der Waals surface area contributed by atoms with Crippen LogP contribution in [0.4, 0.5) is 5.00 Å². The fourth-order valence-corrected chi connectivity index (χ4v) is 7.27. The Hall–Kier alpha value is -2.19. The van der Waals surface area contributed by atoms with Crippen molar-refractivity contribution in [2.75, 3.05) is 25.0 Å². The number of hydrogen-bond acceptors (Lipinski definition) is 5. The lowest BCUT2D eigenvalue weighted by atomic mass is 9.83. The molecule has 33 heavy (non-hydrogen) atoms. The highest BCUT2D eigenvalue weighted by atomic mass is 32.1. The van der Waals surface area contributed by atoms with Gasteiger partial charge in [0, 0.05) is 42.2 Å². The molecule has 2 aliphatic heterocycles. The van der Waals surface area contributed by atoms with E-state index in [0.717, 1.165) is 68.0 Å². The van der Waals surface area contributed by atoms with Crippen molar-refractivity contribution in [1.29, 1.82) is 0 Å². The summed E-state index contributed by atoms with van der Waals surface area (Å²) in [5.41, 5.74) is 3.03. The maximum atomic E-state index is 13.0. The zero-order chi connectivity index (χ0) is 23.1. The number of carbonyl (C=O) groups excluding carboxylic acids is 1. The number of thiocarbonyl (C=S) groups is 1. The first kappa shape index (κ1) is 22.6. The van der Waals surface area contributed by atoms with Crippen LogP contribution < -0.4 is 10.9 Å². The molecule has 5 rings (SSSR count). The lowest BCUT2D eigenvalue weighted by Gasteiger charge is -2.43. The Labute approximate surface area is 203 Å². The number of anilines is 1. The lowest BCUT2D eigenvalue weighted by Crippen LogP contribution is -2.50. The van der Waals surface area contributed by atoms with Crippen LogP contribution in [0, 0.1) is 11.8 Å². The van der Waals surface area contributed by atoms with Crippen molar-refractivity contribution in [2.24, 2.45) is 11.8 Å². The van der Waals surface area contributed by atoms with Gasteiger partial charge in [-0.15, -0.1) is 11.3 Å². The Morgan fingerprint density at radius 1 is 1.30 bits per heavy atom. The van der Waals surface area contributed by atoms with Crippen LogP contribution in [0.25, 0.3) is 0 Å². The van der Waals surface area contributed by atoms with E-state index in [4.69, 9.17) is 17.0 Å². The molecule has 6 nitrogen and oxygen atoms in total. The highest BCUT2D eigenvalue weighted by Crippen LogP contribution is 2.41. The van der Waals surface area contributed by atoms with Gasteiger partial charge in [0.05, 0.1) is 12.2 Å². The van der Waals surface area contributed by atoms with Gasteiger partial charge < -0.3 is 19.5 Å². The molecule has 2 aromatic heterocycles. The molecule has 4 heterocycles. The van der Waals surface area contributed by atoms with Crippen molar-refractivity contribution in [3.8, 4) is 0 Å². The monoisotopic (exact) mass is 485 g/mol. The normalized spacial score (nSPS) is 23.5. The summed E-state index contributed by atoms with van der Waals surface area (Å²) in [5.74, 6) is 1.07. The van der Waals surface area contributed by atoms with Crippen molar-refractivity contribution in [1.82, 2.24) is 9.47 Å². The van der Waals surface area contributed by atoms with Gasteiger partial charge >= 0.3 is 5.97 Å². The van der Waals surface area contributed by atoms with Gasteiger partial charge in [-0.1, -0.05) is 19.9 Å². The van der Waals surface area contributed by atoms with Gasteiger partial charge in [0.2, 0.25) is 0 Å². The molecule has 8 heteroatoms.